The number of benzene rings is 1. The number of aryl methyl sites for hydroxylation is 1. The van der Waals surface area contributed by atoms with Crippen LogP contribution >= 0.6 is 11.3 Å². The third-order valence-corrected chi connectivity index (χ3v) is 5.50. The van der Waals surface area contributed by atoms with E-state index in [9.17, 15) is 9.59 Å². The van der Waals surface area contributed by atoms with Gasteiger partial charge in [-0.15, -0.1) is 11.3 Å². The fourth-order valence-electron chi connectivity index (χ4n) is 2.72. The smallest absolute Gasteiger partial charge is 0.262 e. The molecule has 0 aliphatic carbocycles. The van der Waals surface area contributed by atoms with Gasteiger partial charge in [0.15, 0.2) is 0 Å². The highest BCUT2D eigenvalue weighted by atomic mass is 32.1. The van der Waals surface area contributed by atoms with Gasteiger partial charge in [0.25, 0.3) is 5.91 Å². The number of hydrogen-bond acceptors (Lipinski definition) is 4. The molecule has 2 heterocycles. The summed E-state index contributed by atoms with van der Waals surface area (Å²) in [5.41, 5.74) is 2.54. The summed E-state index contributed by atoms with van der Waals surface area (Å²) in [4.78, 5) is 33.4. The van der Waals surface area contributed by atoms with Crippen LogP contribution in [0, 0.1) is 12.8 Å². The maximum absolute atomic E-state index is 12.8. The first kappa shape index (κ1) is 18.1. The number of rotatable bonds is 6. The summed E-state index contributed by atoms with van der Waals surface area (Å²) in [7, 11) is 0. The first-order valence-electron chi connectivity index (χ1n) is 8.60. The summed E-state index contributed by atoms with van der Waals surface area (Å²) in [5.74, 6) is -0.127. The van der Waals surface area contributed by atoms with E-state index in [-0.39, 0.29) is 17.7 Å². The summed E-state index contributed by atoms with van der Waals surface area (Å²) in [6.07, 6.45) is 0.766. The number of H-pyrrole nitrogens is 1. The molecule has 136 valence electrons. The largest absolute Gasteiger partial charge is 0.339 e. The molecule has 3 N–H and O–H groups in total. The molecule has 0 bridgehead atoms. The highest BCUT2D eigenvalue weighted by Gasteiger charge is 2.27. The van der Waals surface area contributed by atoms with Crippen LogP contribution in [-0.2, 0) is 4.79 Å². The SMILES string of the molecule is CC[C@@H](C)[C@H](NC(=O)c1sccc1C)C(=O)Nc1nc2ccccc2[nH]1. The molecule has 6 nitrogen and oxygen atoms in total. The van der Waals surface area contributed by atoms with Crippen molar-refractivity contribution in [3.05, 3.63) is 46.2 Å². The Balaban J connectivity index is 1.77. The number of thiophene rings is 1. The van der Waals surface area contributed by atoms with Crippen molar-refractivity contribution in [2.75, 3.05) is 5.32 Å². The van der Waals surface area contributed by atoms with Gasteiger partial charge in [-0.05, 0) is 42.0 Å². The fraction of sp³-hybridized carbons (Fsp3) is 0.316. The second kappa shape index (κ2) is 7.70. The van der Waals surface area contributed by atoms with Crippen molar-refractivity contribution in [3.8, 4) is 0 Å². The predicted molar refractivity (Wildman–Crippen MR) is 104 cm³/mol. The fourth-order valence-corrected chi connectivity index (χ4v) is 3.55. The van der Waals surface area contributed by atoms with E-state index in [0.29, 0.717) is 10.8 Å². The highest BCUT2D eigenvalue weighted by Crippen LogP contribution is 2.18. The lowest BCUT2D eigenvalue weighted by atomic mass is 9.98. The van der Waals surface area contributed by atoms with E-state index in [2.05, 4.69) is 20.6 Å². The lowest BCUT2D eigenvalue weighted by molar-refractivity contribution is -0.119. The summed E-state index contributed by atoms with van der Waals surface area (Å²) < 4.78 is 0. The Labute approximate surface area is 156 Å². The molecule has 0 saturated carbocycles. The van der Waals surface area contributed by atoms with Crippen LogP contribution in [-0.4, -0.2) is 27.8 Å². The van der Waals surface area contributed by atoms with E-state index >= 15 is 0 Å². The number of nitrogens with one attached hydrogen (secondary N) is 3. The minimum Gasteiger partial charge on any atom is -0.339 e. The number of carbonyl (C=O) groups excluding carboxylic acids is 2. The number of para-hydroxylation sites is 2. The van der Waals surface area contributed by atoms with E-state index in [0.717, 1.165) is 23.0 Å². The van der Waals surface area contributed by atoms with Gasteiger partial charge >= 0.3 is 0 Å². The van der Waals surface area contributed by atoms with Gasteiger partial charge in [-0.3, -0.25) is 14.9 Å². The second-order valence-corrected chi connectivity index (χ2v) is 7.28. The zero-order valence-corrected chi connectivity index (χ0v) is 15.8. The molecule has 0 radical (unpaired) electrons. The van der Waals surface area contributed by atoms with Gasteiger partial charge < -0.3 is 10.3 Å². The Hall–Kier alpha value is -2.67. The monoisotopic (exact) mass is 370 g/mol. The third kappa shape index (κ3) is 3.77. The number of anilines is 1. The molecule has 2 amide bonds. The Morgan fingerprint density at radius 1 is 1.27 bits per heavy atom. The standard InChI is InChI=1S/C19H22N4O2S/c1-4-11(2)15(22-18(25)16-12(3)9-10-26-16)17(24)23-19-20-13-7-5-6-8-14(13)21-19/h5-11,15H,4H2,1-3H3,(H,22,25)(H2,20,21,23,24)/t11-,15+/m1/s1. The molecule has 1 aromatic carbocycles. The van der Waals surface area contributed by atoms with Gasteiger partial charge in [-0.1, -0.05) is 32.4 Å². The van der Waals surface area contributed by atoms with E-state index in [1.54, 1.807) is 0 Å². The molecular formula is C19H22N4O2S. The first-order chi connectivity index (χ1) is 12.5. The zero-order valence-electron chi connectivity index (χ0n) is 15.0. The van der Waals surface area contributed by atoms with Crippen molar-refractivity contribution in [1.82, 2.24) is 15.3 Å². The number of nitrogens with zero attached hydrogens (tertiary/aromatic N) is 1. The quantitative estimate of drug-likeness (QED) is 0.618. The number of aromatic nitrogens is 2. The molecule has 7 heteroatoms. The lowest BCUT2D eigenvalue weighted by Gasteiger charge is -2.23. The summed E-state index contributed by atoms with van der Waals surface area (Å²) in [6, 6.07) is 8.81. The van der Waals surface area contributed by atoms with Gasteiger partial charge in [0.2, 0.25) is 11.9 Å². The molecule has 0 fully saturated rings. The Bertz CT molecular complexity index is 897. The van der Waals surface area contributed by atoms with Crippen molar-refractivity contribution < 1.29 is 9.59 Å². The van der Waals surface area contributed by atoms with Crippen LogP contribution < -0.4 is 10.6 Å². The number of aromatic amines is 1. The van der Waals surface area contributed by atoms with Crippen LogP contribution in [0.4, 0.5) is 5.95 Å². The Morgan fingerprint density at radius 3 is 2.69 bits per heavy atom. The highest BCUT2D eigenvalue weighted by molar-refractivity contribution is 7.12. The van der Waals surface area contributed by atoms with Crippen LogP contribution in [0.2, 0.25) is 0 Å². The number of carbonyl (C=O) groups is 2. The van der Waals surface area contributed by atoms with E-state index in [4.69, 9.17) is 0 Å². The van der Waals surface area contributed by atoms with E-state index in [1.165, 1.54) is 11.3 Å². The molecule has 2 aromatic heterocycles. The van der Waals surface area contributed by atoms with Crippen LogP contribution in [0.3, 0.4) is 0 Å². The van der Waals surface area contributed by atoms with Crippen molar-refractivity contribution in [2.45, 2.75) is 33.2 Å². The third-order valence-electron chi connectivity index (χ3n) is 4.48. The predicted octanol–water partition coefficient (Wildman–Crippen LogP) is 3.72. The first-order valence-corrected chi connectivity index (χ1v) is 9.48. The topological polar surface area (TPSA) is 86.9 Å². The molecule has 0 aliphatic heterocycles. The molecular weight excluding hydrogens is 348 g/mol. The molecule has 0 spiro atoms. The minimum absolute atomic E-state index is 0.0106. The number of amides is 2. The van der Waals surface area contributed by atoms with Gasteiger partial charge in [-0.2, -0.15) is 0 Å². The normalized spacial score (nSPS) is 13.3. The molecule has 0 aliphatic rings. The lowest BCUT2D eigenvalue weighted by Crippen LogP contribution is -2.47. The molecule has 2 atom stereocenters. The maximum atomic E-state index is 12.8. The van der Waals surface area contributed by atoms with Gasteiger partial charge in [0.1, 0.15) is 6.04 Å². The molecule has 0 saturated heterocycles. The summed E-state index contributed by atoms with van der Waals surface area (Å²) >= 11 is 1.38. The molecule has 3 rings (SSSR count). The average molecular weight is 370 g/mol. The van der Waals surface area contributed by atoms with Crippen LogP contribution in [0.1, 0.15) is 35.5 Å². The number of imidazole rings is 1. The van der Waals surface area contributed by atoms with Crippen LogP contribution in [0.5, 0.6) is 0 Å². The van der Waals surface area contributed by atoms with Gasteiger partial charge in [0.05, 0.1) is 15.9 Å². The summed E-state index contributed by atoms with van der Waals surface area (Å²) in [5, 5.41) is 7.55. The second-order valence-electron chi connectivity index (χ2n) is 6.36. The van der Waals surface area contributed by atoms with Crippen molar-refractivity contribution in [1.29, 1.82) is 0 Å². The molecule has 3 aromatic rings. The zero-order chi connectivity index (χ0) is 18.7. The van der Waals surface area contributed by atoms with Gasteiger partial charge in [0, 0.05) is 0 Å². The van der Waals surface area contributed by atoms with Crippen molar-refractivity contribution in [2.24, 2.45) is 5.92 Å². The van der Waals surface area contributed by atoms with E-state index in [1.807, 2.05) is 56.5 Å². The number of fused-ring (bicyclic) bond motifs is 1. The maximum Gasteiger partial charge on any atom is 0.262 e. The Morgan fingerprint density at radius 2 is 2.04 bits per heavy atom. The molecule has 26 heavy (non-hydrogen) atoms. The van der Waals surface area contributed by atoms with Crippen molar-refractivity contribution >= 4 is 40.1 Å². The van der Waals surface area contributed by atoms with Gasteiger partial charge in [-0.25, -0.2) is 4.98 Å². The van der Waals surface area contributed by atoms with Crippen LogP contribution in [0.25, 0.3) is 11.0 Å². The average Bonchev–Trinajstić information content (AvgIpc) is 3.23. The summed E-state index contributed by atoms with van der Waals surface area (Å²) in [6.45, 7) is 5.83. The Kier molecular flexibility index (Phi) is 5.37. The van der Waals surface area contributed by atoms with Crippen LogP contribution in [0.15, 0.2) is 35.7 Å². The molecule has 0 unspecified atom stereocenters. The minimum atomic E-state index is -0.637. The van der Waals surface area contributed by atoms with E-state index < -0.39 is 6.04 Å². The number of hydrogen-bond donors (Lipinski definition) is 3. The van der Waals surface area contributed by atoms with Crippen molar-refractivity contribution in [3.63, 3.8) is 0 Å².